The fraction of sp³-hybridized carbons (Fsp3) is 0.200. The Balaban J connectivity index is 2.15. The third-order valence-corrected chi connectivity index (χ3v) is 3.04. The molecule has 2 aromatic carbocycles. The van der Waals surface area contributed by atoms with Crippen molar-refractivity contribution in [3.8, 4) is 0 Å². The second kappa shape index (κ2) is 5.96. The Bertz CT molecular complexity index is 603. The van der Waals surface area contributed by atoms with Gasteiger partial charge in [0.2, 0.25) is 0 Å². The van der Waals surface area contributed by atoms with Crippen LogP contribution in [0, 0.1) is 17.5 Å². The van der Waals surface area contributed by atoms with E-state index in [1.165, 1.54) is 30.3 Å². The molecule has 0 saturated carbocycles. The molecule has 0 aliphatic rings. The number of hydrogen-bond acceptors (Lipinski definition) is 2. The number of hydrogen-bond donors (Lipinski definition) is 1. The zero-order valence-electron chi connectivity index (χ0n) is 10.9. The summed E-state index contributed by atoms with van der Waals surface area (Å²) in [6.45, 7) is 0.0177. The number of aliphatic hydroxyl groups is 1. The molecule has 2 nitrogen and oxygen atoms in total. The average Bonchev–Trinajstić information content (AvgIpc) is 2.41. The molecule has 0 heterocycles. The van der Waals surface area contributed by atoms with Gasteiger partial charge in [0.15, 0.2) is 11.6 Å². The van der Waals surface area contributed by atoms with Crippen LogP contribution >= 0.6 is 0 Å². The van der Waals surface area contributed by atoms with Gasteiger partial charge in [-0.1, -0.05) is 18.2 Å². The fourth-order valence-corrected chi connectivity index (χ4v) is 1.95. The molecule has 0 aromatic heterocycles. The van der Waals surface area contributed by atoms with Gasteiger partial charge in [0.05, 0.1) is 6.10 Å². The maximum Gasteiger partial charge on any atom is 0.164 e. The van der Waals surface area contributed by atoms with Gasteiger partial charge in [-0.25, -0.2) is 13.2 Å². The fourth-order valence-electron chi connectivity index (χ4n) is 1.95. The number of aliphatic hydroxyl groups excluding tert-OH is 1. The van der Waals surface area contributed by atoms with Crippen molar-refractivity contribution in [3.05, 3.63) is 65.5 Å². The summed E-state index contributed by atoms with van der Waals surface area (Å²) in [6.07, 6.45) is -1.21. The number of benzene rings is 2. The van der Waals surface area contributed by atoms with Gasteiger partial charge in [0.25, 0.3) is 0 Å². The van der Waals surface area contributed by atoms with Gasteiger partial charge in [0.1, 0.15) is 5.82 Å². The van der Waals surface area contributed by atoms with Crippen LogP contribution in [0.4, 0.5) is 18.9 Å². The van der Waals surface area contributed by atoms with Crippen LogP contribution in [0.2, 0.25) is 0 Å². The SMILES string of the molecule is CN(CC(O)c1cccc(F)c1F)c1cccc(F)c1. The zero-order chi connectivity index (χ0) is 14.7. The molecule has 20 heavy (non-hydrogen) atoms. The first kappa shape index (κ1) is 14.4. The first-order valence-corrected chi connectivity index (χ1v) is 6.07. The second-order valence-electron chi connectivity index (χ2n) is 4.52. The lowest BCUT2D eigenvalue weighted by Crippen LogP contribution is -2.24. The van der Waals surface area contributed by atoms with Gasteiger partial charge >= 0.3 is 0 Å². The third-order valence-electron chi connectivity index (χ3n) is 3.04. The Kier molecular flexibility index (Phi) is 4.29. The summed E-state index contributed by atoms with van der Waals surface area (Å²) < 4.78 is 39.8. The van der Waals surface area contributed by atoms with E-state index in [1.54, 1.807) is 18.0 Å². The van der Waals surface area contributed by atoms with Crippen LogP contribution in [0.25, 0.3) is 0 Å². The average molecular weight is 281 g/mol. The van der Waals surface area contributed by atoms with E-state index in [2.05, 4.69) is 0 Å². The summed E-state index contributed by atoms with van der Waals surface area (Å²) in [7, 11) is 1.63. The first-order valence-electron chi connectivity index (χ1n) is 6.07. The molecule has 2 aromatic rings. The van der Waals surface area contributed by atoms with Crippen molar-refractivity contribution in [2.75, 3.05) is 18.5 Å². The van der Waals surface area contributed by atoms with Crippen molar-refractivity contribution in [2.45, 2.75) is 6.10 Å². The lowest BCUT2D eigenvalue weighted by molar-refractivity contribution is 0.179. The summed E-state index contributed by atoms with van der Waals surface area (Å²) in [5.41, 5.74) is 0.425. The molecule has 0 fully saturated rings. The molecule has 0 aliphatic heterocycles. The van der Waals surface area contributed by atoms with Crippen molar-refractivity contribution in [3.63, 3.8) is 0 Å². The molecule has 5 heteroatoms. The smallest absolute Gasteiger partial charge is 0.164 e. The van der Waals surface area contributed by atoms with Crippen molar-refractivity contribution in [1.82, 2.24) is 0 Å². The second-order valence-corrected chi connectivity index (χ2v) is 4.52. The Morgan fingerprint density at radius 3 is 2.50 bits per heavy atom. The van der Waals surface area contributed by atoms with Gasteiger partial charge in [-0.3, -0.25) is 0 Å². The van der Waals surface area contributed by atoms with E-state index in [9.17, 15) is 18.3 Å². The number of halogens is 3. The highest BCUT2D eigenvalue weighted by Gasteiger charge is 2.17. The predicted molar refractivity (Wildman–Crippen MR) is 71.0 cm³/mol. The maximum atomic E-state index is 13.6. The third kappa shape index (κ3) is 3.11. The Labute approximate surface area is 115 Å². The molecule has 0 bridgehead atoms. The van der Waals surface area contributed by atoms with Crippen LogP contribution < -0.4 is 4.90 Å². The summed E-state index contributed by atoms with van der Waals surface area (Å²) in [4.78, 5) is 1.57. The molecule has 106 valence electrons. The predicted octanol–water partition coefficient (Wildman–Crippen LogP) is 3.27. The first-order chi connectivity index (χ1) is 9.49. The van der Waals surface area contributed by atoms with Crippen LogP contribution in [0.3, 0.4) is 0 Å². The molecular formula is C15H14F3NO. The highest BCUT2D eigenvalue weighted by Crippen LogP contribution is 2.22. The van der Waals surface area contributed by atoms with Crippen LogP contribution in [-0.4, -0.2) is 18.7 Å². The van der Waals surface area contributed by atoms with Crippen molar-refractivity contribution in [1.29, 1.82) is 0 Å². The van der Waals surface area contributed by atoms with Gasteiger partial charge in [-0.15, -0.1) is 0 Å². The molecule has 0 amide bonds. The topological polar surface area (TPSA) is 23.5 Å². The summed E-state index contributed by atoms with van der Waals surface area (Å²) in [5, 5.41) is 9.98. The molecule has 1 N–H and O–H groups in total. The Morgan fingerprint density at radius 1 is 1.10 bits per heavy atom. The van der Waals surface area contributed by atoms with E-state index in [0.29, 0.717) is 5.69 Å². The lowest BCUT2D eigenvalue weighted by Gasteiger charge is -2.23. The lowest BCUT2D eigenvalue weighted by atomic mass is 10.1. The van der Waals surface area contributed by atoms with Crippen LogP contribution in [0.1, 0.15) is 11.7 Å². The van der Waals surface area contributed by atoms with Crippen molar-refractivity contribution in [2.24, 2.45) is 0 Å². The van der Waals surface area contributed by atoms with E-state index in [4.69, 9.17) is 0 Å². The van der Waals surface area contributed by atoms with E-state index >= 15 is 0 Å². The Hall–Kier alpha value is -2.01. The largest absolute Gasteiger partial charge is 0.386 e. The minimum Gasteiger partial charge on any atom is -0.386 e. The van der Waals surface area contributed by atoms with Gasteiger partial charge < -0.3 is 10.0 Å². The monoisotopic (exact) mass is 281 g/mol. The molecule has 1 atom stereocenters. The normalized spacial score (nSPS) is 12.2. The Morgan fingerprint density at radius 2 is 1.80 bits per heavy atom. The van der Waals surface area contributed by atoms with Crippen LogP contribution in [-0.2, 0) is 0 Å². The summed E-state index contributed by atoms with van der Waals surface area (Å²) in [5.74, 6) is -2.47. The van der Waals surface area contributed by atoms with Crippen molar-refractivity contribution < 1.29 is 18.3 Å². The highest BCUT2D eigenvalue weighted by molar-refractivity contribution is 5.46. The van der Waals surface area contributed by atoms with Gasteiger partial charge in [-0.05, 0) is 24.3 Å². The number of nitrogens with zero attached hydrogens (tertiary/aromatic N) is 1. The zero-order valence-corrected chi connectivity index (χ0v) is 10.9. The minimum absolute atomic E-state index is 0.0177. The standard InChI is InChI=1S/C15H14F3NO/c1-19(11-5-2-4-10(16)8-11)9-14(20)12-6-3-7-13(17)15(12)18/h2-8,14,20H,9H2,1H3. The highest BCUT2D eigenvalue weighted by atomic mass is 19.2. The molecule has 2 rings (SSSR count). The van der Waals surface area contributed by atoms with Crippen molar-refractivity contribution >= 4 is 5.69 Å². The van der Waals surface area contributed by atoms with Crippen LogP contribution in [0.15, 0.2) is 42.5 Å². The summed E-state index contributed by atoms with van der Waals surface area (Å²) >= 11 is 0. The minimum atomic E-state index is -1.21. The van der Waals surface area contributed by atoms with Gasteiger partial charge in [0, 0.05) is 24.8 Å². The summed E-state index contributed by atoms with van der Waals surface area (Å²) in [6, 6.07) is 9.45. The van der Waals surface area contributed by atoms with E-state index in [0.717, 1.165) is 6.07 Å². The van der Waals surface area contributed by atoms with Crippen LogP contribution in [0.5, 0.6) is 0 Å². The molecule has 1 unspecified atom stereocenters. The maximum absolute atomic E-state index is 13.6. The quantitative estimate of drug-likeness (QED) is 0.929. The molecule has 0 radical (unpaired) electrons. The van der Waals surface area contributed by atoms with E-state index in [1.807, 2.05) is 0 Å². The number of rotatable bonds is 4. The van der Waals surface area contributed by atoms with E-state index < -0.39 is 23.6 Å². The number of likely N-dealkylation sites (N-methyl/N-ethyl adjacent to an activating group) is 1. The molecular weight excluding hydrogens is 267 g/mol. The van der Waals surface area contributed by atoms with Gasteiger partial charge in [-0.2, -0.15) is 0 Å². The van der Waals surface area contributed by atoms with E-state index in [-0.39, 0.29) is 12.1 Å². The molecule has 0 spiro atoms. The molecule has 0 saturated heterocycles. The number of anilines is 1. The molecule has 0 aliphatic carbocycles.